The third kappa shape index (κ3) is 15.7. The lowest BCUT2D eigenvalue weighted by Gasteiger charge is -2.25. The minimum Gasteiger partial charge on any atom is -0.480 e. The molecule has 20 heteroatoms. The summed E-state index contributed by atoms with van der Waals surface area (Å²) >= 11 is 7.79. The summed E-state index contributed by atoms with van der Waals surface area (Å²) in [5.41, 5.74) is 21.6. The van der Waals surface area contributed by atoms with Crippen LogP contribution in [0.25, 0.3) is 0 Å². The summed E-state index contributed by atoms with van der Waals surface area (Å²) in [7, 11) is 0. The molecule has 0 aliphatic heterocycles. The van der Waals surface area contributed by atoms with E-state index in [1.807, 2.05) is 0 Å². The Morgan fingerprint density at radius 2 is 1.16 bits per heavy atom. The minimum absolute atomic E-state index is 0.00383. The summed E-state index contributed by atoms with van der Waals surface area (Å²) in [6, 6.07) is -7.91. The Morgan fingerprint density at radius 3 is 1.66 bits per heavy atom. The number of rotatable bonds is 22. The number of nitrogens with two attached hydrogens (primary N) is 4. The number of unbranched alkanes of at least 4 members (excludes halogenated alkanes) is 1. The highest BCUT2D eigenvalue weighted by Crippen LogP contribution is 2.06. The third-order valence-corrected chi connectivity index (χ3v) is 6.77. The average molecular weight is 666 g/mol. The molecule has 0 aliphatic carbocycles. The van der Waals surface area contributed by atoms with Crippen LogP contribution in [0.2, 0.25) is 0 Å². The molecule has 0 rings (SSSR count). The smallest absolute Gasteiger partial charge is 0.327 e. The zero-order chi connectivity index (χ0) is 34.0. The first kappa shape index (κ1) is 40.4. The van der Waals surface area contributed by atoms with E-state index in [4.69, 9.17) is 28.0 Å². The van der Waals surface area contributed by atoms with Crippen molar-refractivity contribution in [2.45, 2.75) is 81.7 Å². The standard InChI is InChI=1S/C24H43N9O9S2/c1-11(19(36)32-15(8-18(28)35)23(40)33-16(10-44)24(41)42)29-21(38)14(5-6-17(27)34)31-22(39)13(4-2-3-7-25)30-20(37)12(26)9-43/h11-16,43-44H,2-10,25-26H2,1H3,(H2,27,34)(H2,28,35)(H,29,38)(H,30,37)(H,31,39)(H,32,36)(H,33,40)(H,41,42)/t11-,12-,13-,14-,15-,16-/m0/s1. The largest absolute Gasteiger partial charge is 0.480 e. The molecule has 0 aromatic rings. The van der Waals surface area contributed by atoms with Crippen LogP contribution >= 0.6 is 25.3 Å². The topological polar surface area (TPSA) is 321 Å². The van der Waals surface area contributed by atoms with Crippen LogP contribution in [-0.4, -0.2) is 107 Å². The Hall–Kier alpha value is -3.62. The molecule has 0 saturated carbocycles. The molecule has 14 N–H and O–H groups in total. The minimum atomic E-state index is -1.59. The van der Waals surface area contributed by atoms with Gasteiger partial charge in [-0.05, 0) is 39.2 Å². The van der Waals surface area contributed by atoms with Gasteiger partial charge in [0.05, 0.1) is 12.5 Å². The van der Waals surface area contributed by atoms with E-state index in [1.54, 1.807) is 0 Å². The lowest BCUT2D eigenvalue weighted by Crippen LogP contribution is -2.59. The first-order valence-electron chi connectivity index (χ1n) is 13.6. The first-order valence-corrected chi connectivity index (χ1v) is 14.8. The van der Waals surface area contributed by atoms with Crippen molar-refractivity contribution in [1.29, 1.82) is 0 Å². The molecule has 0 aliphatic rings. The van der Waals surface area contributed by atoms with Crippen LogP contribution in [-0.2, 0) is 38.4 Å². The van der Waals surface area contributed by atoms with Gasteiger partial charge in [0.15, 0.2) is 0 Å². The Morgan fingerprint density at radius 1 is 0.659 bits per heavy atom. The molecule has 0 heterocycles. The number of primary amides is 2. The number of carbonyl (C=O) groups is 8. The van der Waals surface area contributed by atoms with Gasteiger partial charge in [-0.2, -0.15) is 25.3 Å². The number of hydrogen-bond acceptors (Lipinski definition) is 12. The maximum Gasteiger partial charge on any atom is 0.327 e. The highest BCUT2D eigenvalue weighted by atomic mass is 32.1. The highest BCUT2D eigenvalue weighted by Gasteiger charge is 2.32. The number of hydrogen-bond donors (Lipinski definition) is 12. The lowest BCUT2D eigenvalue weighted by atomic mass is 10.1. The average Bonchev–Trinajstić information content (AvgIpc) is 2.95. The van der Waals surface area contributed by atoms with Crippen LogP contribution in [0.1, 0.15) is 45.4 Å². The Bertz CT molecular complexity index is 1050. The van der Waals surface area contributed by atoms with Crippen LogP contribution in [0.5, 0.6) is 0 Å². The van der Waals surface area contributed by atoms with Gasteiger partial charge in [0.25, 0.3) is 0 Å². The van der Waals surface area contributed by atoms with Gasteiger partial charge in [-0.25, -0.2) is 4.79 Å². The molecule has 0 fully saturated rings. The van der Waals surface area contributed by atoms with Crippen LogP contribution in [0.15, 0.2) is 0 Å². The van der Waals surface area contributed by atoms with Crippen molar-refractivity contribution >= 4 is 72.6 Å². The van der Waals surface area contributed by atoms with Crippen LogP contribution in [0.3, 0.4) is 0 Å². The van der Waals surface area contributed by atoms with Crippen molar-refractivity contribution in [1.82, 2.24) is 26.6 Å². The molecule has 7 amide bonds. The van der Waals surface area contributed by atoms with E-state index in [2.05, 4.69) is 51.8 Å². The summed E-state index contributed by atoms with van der Waals surface area (Å²) in [6.45, 7) is 1.56. The summed E-state index contributed by atoms with van der Waals surface area (Å²) in [5, 5.41) is 20.7. The fourth-order valence-corrected chi connectivity index (χ4v) is 3.91. The molecule has 0 unspecified atom stereocenters. The molecule has 6 atom stereocenters. The van der Waals surface area contributed by atoms with E-state index in [-0.39, 0.29) is 30.8 Å². The molecule has 18 nitrogen and oxygen atoms in total. The summed E-state index contributed by atoms with van der Waals surface area (Å²) in [5.74, 6) is -7.82. The van der Waals surface area contributed by atoms with Gasteiger partial charge in [-0.1, -0.05) is 0 Å². The summed E-state index contributed by atoms with van der Waals surface area (Å²) in [6.07, 6.45) is -0.157. The molecule has 0 radical (unpaired) electrons. The SMILES string of the molecule is C[C@H](NC(=O)[C@H](CCC(N)=O)NC(=O)[C@H](CCCCN)NC(=O)[C@@H](N)CS)C(=O)N[C@@H](CC(N)=O)C(=O)N[C@@H](CS)C(=O)O. The van der Waals surface area contributed by atoms with Crippen molar-refractivity contribution in [2.75, 3.05) is 18.1 Å². The summed E-state index contributed by atoms with van der Waals surface area (Å²) < 4.78 is 0. The maximum atomic E-state index is 13.1. The second-order valence-corrected chi connectivity index (χ2v) is 10.5. The van der Waals surface area contributed by atoms with E-state index >= 15 is 0 Å². The van der Waals surface area contributed by atoms with Gasteiger partial charge in [0.2, 0.25) is 41.4 Å². The van der Waals surface area contributed by atoms with Gasteiger partial charge in [0, 0.05) is 17.9 Å². The fourth-order valence-electron chi connectivity index (χ4n) is 3.50. The quantitative estimate of drug-likeness (QED) is 0.0383. The lowest BCUT2D eigenvalue weighted by molar-refractivity contribution is -0.141. The first-order chi connectivity index (χ1) is 20.6. The number of carbonyl (C=O) groups excluding carboxylic acids is 7. The van der Waals surface area contributed by atoms with Gasteiger partial charge in [-0.15, -0.1) is 0 Å². The molecule has 44 heavy (non-hydrogen) atoms. The van der Waals surface area contributed by atoms with E-state index < -0.39 is 90.0 Å². The van der Waals surface area contributed by atoms with Crippen molar-refractivity contribution in [3.63, 3.8) is 0 Å². The van der Waals surface area contributed by atoms with E-state index in [0.717, 1.165) is 0 Å². The van der Waals surface area contributed by atoms with Crippen molar-refractivity contribution in [2.24, 2.45) is 22.9 Å². The molecule has 0 bridgehead atoms. The number of carboxylic acid groups (broad SMARTS) is 1. The van der Waals surface area contributed by atoms with E-state index in [0.29, 0.717) is 19.4 Å². The van der Waals surface area contributed by atoms with Crippen molar-refractivity contribution < 1.29 is 43.5 Å². The highest BCUT2D eigenvalue weighted by molar-refractivity contribution is 7.80. The van der Waals surface area contributed by atoms with Crippen molar-refractivity contribution in [3.8, 4) is 0 Å². The fraction of sp³-hybridized carbons (Fsp3) is 0.667. The molecular weight excluding hydrogens is 622 g/mol. The number of aliphatic carboxylic acids is 1. The number of nitrogens with one attached hydrogen (secondary N) is 5. The number of thiol groups is 2. The molecular formula is C24H43N9O9S2. The van der Waals surface area contributed by atoms with Gasteiger partial charge >= 0.3 is 5.97 Å². The Balaban J connectivity index is 5.74. The second kappa shape index (κ2) is 21.1. The van der Waals surface area contributed by atoms with Crippen LogP contribution < -0.4 is 49.5 Å². The number of amides is 7. The predicted molar refractivity (Wildman–Crippen MR) is 164 cm³/mol. The summed E-state index contributed by atoms with van der Waals surface area (Å²) in [4.78, 5) is 98.0. The van der Waals surface area contributed by atoms with E-state index in [9.17, 15) is 38.4 Å². The third-order valence-electron chi connectivity index (χ3n) is 6.01. The van der Waals surface area contributed by atoms with Crippen LogP contribution in [0.4, 0.5) is 0 Å². The predicted octanol–water partition coefficient (Wildman–Crippen LogP) is -5.03. The zero-order valence-electron chi connectivity index (χ0n) is 24.2. The molecule has 0 aromatic carbocycles. The van der Waals surface area contributed by atoms with Crippen LogP contribution in [0, 0.1) is 0 Å². The molecule has 0 spiro atoms. The van der Waals surface area contributed by atoms with Crippen molar-refractivity contribution in [3.05, 3.63) is 0 Å². The zero-order valence-corrected chi connectivity index (χ0v) is 26.0. The van der Waals surface area contributed by atoms with Gasteiger partial charge in [0.1, 0.15) is 30.2 Å². The van der Waals surface area contributed by atoms with Gasteiger partial charge < -0.3 is 54.6 Å². The Kier molecular flexibility index (Phi) is 19.4. The molecule has 0 aromatic heterocycles. The monoisotopic (exact) mass is 665 g/mol. The normalized spacial score (nSPS) is 14.8. The van der Waals surface area contributed by atoms with Gasteiger partial charge in [-0.3, -0.25) is 33.6 Å². The Labute approximate surface area is 265 Å². The maximum absolute atomic E-state index is 13.1. The second-order valence-electron chi connectivity index (χ2n) is 9.74. The molecule has 0 saturated heterocycles. The molecule has 250 valence electrons. The number of carboxylic acids is 1. The van der Waals surface area contributed by atoms with E-state index in [1.165, 1.54) is 6.92 Å².